The lowest BCUT2D eigenvalue weighted by Crippen LogP contribution is -2.46. The average molecular weight is 390 g/mol. The quantitative estimate of drug-likeness (QED) is 0.757. The van der Waals surface area contributed by atoms with E-state index in [4.69, 9.17) is 5.11 Å². The molecule has 1 unspecified atom stereocenters. The first-order chi connectivity index (χ1) is 13.3. The molecule has 1 aliphatic heterocycles. The van der Waals surface area contributed by atoms with Gasteiger partial charge in [0.2, 0.25) is 0 Å². The highest BCUT2D eigenvalue weighted by Crippen LogP contribution is 2.24. The molecule has 1 N–H and O–H groups in total. The van der Waals surface area contributed by atoms with E-state index in [0.717, 1.165) is 4.68 Å². The van der Waals surface area contributed by atoms with Crippen molar-refractivity contribution >= 4 is 28.3 Å². The molecule has 1 aromatic heterocycles. The zero-order chi connectivity index (χ0) is 20.4. The minimum atomic E-state index is -1.36. The Kier molecular flexibility index (Phi) is 5.53. The minimum Gasteiger partial charge on any atom is -0.481 e. The van der Waals surface area contributed by atoms with Crippen molar-refractivity contribution in [3.8, 4) is 0 Å². The van der Waals surface area contributed by atoms with Gasteiger partial charge in [-0.15, -0.1) is 0 Å². The molecule has 0 aliphatic carbocycles. The molecule has 1 aliphatic rings. The van der Waals surface area contributed by atoms with E-state index in [2.05, 4.69) is 0 Å². The number of carbonyl (C=O) groups is 3. The summed E-state index contributed by atoms with van der Waals surface area (Å²) in [5.74, 6) is -4.13. The monoisotopic (exact) mass is 390 g/mol. The summed E-state index contributed by atoms with van der Waals surface area (Å²) in [4.78, 5) is 61.1. The van der Waals surface area contributed by atoms with Crippen molar-refractivity contribution in [2.45, 2.75) is 38.3 Å². The molecule has 1 aromatic carbocycles. The Balaban J connectivity index is 2.03. The highest BCUT2D eigenvalue weighted by Gasteiger charge is 2.33. The Hall–Kier alpha value is -3.10. The number of carbonyl (C=O) groups excluding carboxylic acids is 2. The van der Waals surface area contributed by atoms with Gasteiger partial charge in [-0.3, -0.25) is 24.0 Å². The summed E-state index contributed by atoms with van der Waals surface area (Å²) in [6.07, 6.45) is -0.414. The summed E-state index contributed by atoms with van der Waals surface area (Å²) in [6.45, 7) is -1.10. The van der Waals surface area contributed by atoms with Crippen LogP contribution in [-0.2, 0) is 20.9 Å². The molecule has 0 amide bonds. The number of rotatable bonds is 7. The van der Waals surface area contributed by atoms with Crippen LogP contribution in [0.1, 0.15) is 31.7 Å². The molecule has 2 atom stereocenters. The number of aliphatic carboxylic acids is 1. The van der Waals surface area contributed by atoms with Crippen molar-refractivity contribution in [2.75, 3.05) is 6.67 Å². The largest absolute Gasteiger partial charge is 0.481 e. The maximum Gasteiger partial charge on any atom is 0.304 e. The number of alkyl halides is 1. The van der Waals surface area contributed by atoms with Crippen LogP contribution in [-0.4, -0.2) is 38.7 Å². The van der Waals surface area contributed by atoms with Gasteiger partial charge in [-0.1, -0.05) is 12.1 Å². The third kappa shape index (κ3) is 3.51. The topological polar surface area (TPSA) is 115 Å². The molecule has 0 saturated carbocycles. The van der Waals surface area contributed by atoms with Crippen molar-refractivity contribution in [3.63, 3.8) is 0 Å². The number of benzene rings is 1. The molecule has 2 aromatic rings. The number of hydrogen-bond donors (Lipinski definition) is 1. The number of ketones is 2. The first-order valence-electron chi connectivity index (χ1n) is 8.92. The Labute approximate surface area is 158 Å². The molecule has 0 saturated heterocycles. The highest BCUT2D eigenvalue weighted by molar-refractivity contribution is 5.92. The summed E-state index contributed by atoms with van der Waals surface area (Å²) < 4.78 is 15.1. The van der Waals surface area contributed by atoms with Gasteiger partial charge >= 0.3 is 5.97 Å². The molecule has 148 valence electrons. The second kappa shape index (κ2) is 7.87. The highest BCUT2D eigenvalue weighted by atomic mass is 19.1. The van der Waals surface area contributed by atoms with Crippen molar-refractivity contribution < 1.29 is 23.9 Å². The summed E-state index contributed by atoms with van der Waals surface area (Å²) in [5, 5.41) is 9.36. The molecular weight excluding hydrogens is 371 g/mol. The molecule has 2 heterocycles. The molecule has 0 radical (unpaired) electrons. The zero-order valence-corrected chi connectivity index (χ0v) is 15.0. The molecule has 0 fully saturated rings. The number of Topliss-reactive ketones (excluding diaryl/α,β-unsaturated/α-hetero) is 2. The van der Waals surface area contributed by atoms with Gasteiger partial charge in [0.1, 0.15) is 12.7 Å². The second-order valence-electron chi connectivity index (χ2n) is 6.85. The Morgan fingerprint density at radius 1 is 1.11 bits per heavy atom. The van der Waals surface area contributed by atoms with Crippen molar-refractivity contribution in [2.24, 2.45) is 5.92 Å². The SMILES string of the molecule is O=C(O)CC(CC(=O)[C@@H]1CCCn2c(=O)c3ccccc3c(=O)n21)C(=O)CF. The normalized spacial score (nSPS) is 17.1. The molecule has 28 heavy (non-hydrogen) atoms. The summed E-state index contributed by atoms with van der Waals surface area (Å²) in [7, 11) is 0. The molecule has 0 bridgehead atoms. The van der Waals surface area contributed by atoms with Gasteiger partial charge in [0.15, 0.2) is 11.6 Å². The summed E-state index contributed by atoms with van der Waals surface area (Å²) in [6, 6.07) is 5.31. The third-order valence-corrected chi connectivity index (χ3v) is 5.06. The van der Waals surface area contributed by atoms with Crippen LogP contribution >= 0.6 is 0 Å². The van der Waals surface area contributed by atoms with Gasteiger partial charge in [-0.25, -0.2) is 13.8 Å². The van der Waals surface area contributed by atoms with Crippen LogP contribution in [0.3, 0.4) is 0 Å². The first-order valence-corrected chi connectivity index (χ1v) is 8.92. The lowest BCUT2D eigenvalue weighted by Gasteiger charge is -2.29. The Morgan fingerprint density at radius 3 is 2.36 bits per heavy atom. The van der Waals surface area contributed by atoms with Gasteiger partial charge in [-0.05, 0) is 25.0 Å². The Morgan fingerprint density at radius 2 is 1.75 bits per heavy atom. The van der Waals surface area contributed by atoms with E-state index in [1.807, 2.05) is 0 Å². The van der Waals surface area contributed by atoms with E-state index >= 15 is 0 Å². The van der Waals surface area contributed by atoms with Crippen LogP contribution in [0.2, 0.25) is 0 Å². The average Bonchev–Trinajstić information content (AvgIpc) is 2.70. The smallest absolute Gasteiger partial charge is 0.304 e. The van der Waals surface area contributed by atoms with Crippen LogP contribution < -0.4 is 11.1 Å². The molecule has 9 heteroatoms. The summed E-state index contributed by atoms with van der Waals surface area (Å²) >= 11 is 0. The Bertz CT molecular complexity index is 1070. The fraction of sp³-hybridized carbons (Fsp3) is 0.421. The van der Waals surface area contributed by atoms with E-state index in [9.17, 15) is 28.4 Å². The molecule has 8 nitrogen and oxygen atoms in total. The van der Waals surface area contributed by atoms with Gasteiger partial charge in [0.25, 0.3) is 11.1 Å². The molecule has 3 rings (SSSR count). The van der Waals surface area contributed by atoms with E-state index < -0.39 is 60.1 Å². The standard InChI is InChI=1S/C19H19FN2O6/c20-10-16(24)11(9-17(25)26)8-15(23)14-6-3-7-21-18(27)12-4-1-2-5-13(12)19(28)22(14)21/h1-2,4-5,11,14H,3,6-10H2,(H,25,26)/t11?,14-/m0/s1. The van der Waals surface area contributed by atoms with Gasteiger partial charge in [0.05, 0.1) is 17.2 Å². The number of carboxylic acids is 1. The van der Waals surface area contributed by atoms with Gasteiger partial charge in [-0.2, -0.15) is 0 Å². The summed E-state index contributed by atoms with van der Waals surface area (Å²) in [5.41, 5.74) is -0.894. The maximum absolute atomic E-state index is 12.9. The first kappa shape index (κ1) is 19.7. The van der Waals surface area contributed by atoms with Gasteiger partial charge in [0, 0.05) is 18.9 Å². The van der Waals surface area contributed by atoms with E-state index in [1.165, 1.54) is 10.7 Å². The van der Waals surface area contributed by atoms with Crippen LogP contribution in [0.4, 0.5) is 4.39 Å². The molecule has 0 spiro atoms. The van der Waals surface area contributed by atoms with Crippen molar-refractivity contribution in [3.05, 3.63) is 45.0 Å². The van der Waals surface area contributed by atoms with E-state index in [1.54, 1.807) is 18.2 Å². The van der Waals surface area contributed by atoms with Gasteiger partial charge < -0.3 is 5.11 Å². The number of nitrogens with zero attached hydrogens (tertiary/aromatic N) is 2. The zero-order valence-electron chi connectivity index (χ0n) is 15.0. The fourth-order valence-electron chi connectivity index (χ4n) is 3.70. The van der Waals surface area contributed by atoms with Crippen molar-refractivity contribution in [1.29, 1.82) is 0 Å². The fourth-order valence-corrected chi connectivity index (χ4v) is 3.70. The number of hydrogen-bond acceptors (Lipinski definition) is 5. The lowest BCUT2D eigenvalue weighted by molar-refractivity contribution is -0.141. The van der Waals surface area contributed by atoms with E-state index in [0.29, 0.717) is 6.42 Å². The predicted molar refractivity (Wildman–Crippen MR) is 97.1 cm³/mol. The second-order valence-corrected chi connectivity index (χ2v) is 6.85. The van der Waals surface area contributed by atoms with Crippen LogP contribution in [0, 0.1) is 5.92 Å². The number of fused-ring (bicyclic) bond motifs is 2. The lowest BCUT2D eigenvalue weighted by atomic mass is 9.90. The van der Waals surface area contributed by atoms with E-state index in [-0.39, 0.29) is 23.7 Å². The van der Waals surface area contributed by atoms with Crippen LogP contribution in [0.15, 0.2) is 33.9 Å². The molecular formula is C19H19FN2O6. The van der Waals surface area contributed by atoms with Crippen molar-refractivity contribution in [1.82, 2.24) is 9.36 Å². The van der Waals surface area contributed by atoms with Crippen LogP contribution in [0.5, 0.6) is 0 Å². The number of aromatic nitrogens is 2. The number of carboxylic acid groups (broad SMARTS) is 1. The third-order valence-electron chi connectivity index (χ3n) is 5.06. The predicted octanol–water partition coefficient (Wildman–Crippen LogP) is 1.09. The maximum atomic E-state index is 12.9. The van der Waals surface area contributed by atoms with Crippen LogP contribution in [0.25, 0.3) is 10.8 Å². The number of halogens is 1. The minimum absolute atomic E-state index is 0.186.